The lowest BCUT2D eigenvalue weighted by Gasteiger charge is -2.53. The summed E-state index contributed by atoms with van der Waals surface area (Å²) in [6.45, 7) is 18.9. The third kappa shape index (κ3) is 7.99. The highest BCUT2D eigenvalue weighted by atomic mass is 19.1. The summed E-state index contributed by atoms with van der Waals surface area (Å²) in [5.74, 6) is 0.853. The molecule has 0 radical (unpaired) electrons. The number of nitrogens with one attached hydrogen (secondary N) is 1. The number of nitrogens with zero attached hydrogens (tertiary/aromatic N) is 6. The van der Waals surface area contributed by atoms with Gasteiger partial charge in [-0.2, -0.15) is 0 Å². The summed E-state index contributed by atoms with van der Waals surface area (Å²) in [5, 5.41) is 11.7. The Balaban J connectivity index is 1.43. The van der Waals surface area contributed by atoms with E-state index in [1.807, 2.05) is 27.7 Å². The lowest BCUT2D eigenvalue weighted by molar-refractivity contribution is -0.0339. The molecule has 2 saturated heterocycles. The van der Waals surface area contributed by atoms with Gasteiger partial charge in [0.2, 0.25) is 0 Å². The molecule has 0 unspecified atom stereocenters. The van der Waals surface area contributed by atoms with Crippen LogP contribution < -0.4 is 15.0 Å². The Bertz CT molecular complexity index is 1200. The van der Waals surface area contributed by atoms with Crippen LogP contribution in [0.25, 0.3) is 0 Å². The zero-order chi connectivity index (χ0) is 31.1. The minimum absolute atomic E-state index is 0.0620. The molecule has 2 aromatic rings. The number of anilines is 1. The first-order valence-corrected chi connectivity index (χ1v) is 15.7. The largest absolute Gasteiger partial charge is 0.434 e. The Hall–Kier alpha value is -2.89. The predicted molar refractivity (Wildman–Crippen MR) is 166 cm³/mol. The summed E-state index contributed by atoms with van der Waals surface area (Å²) < 4.78 is 25.7. The zero-order valence-electron chi connectivity index (χ0n) is 27.0. The van der Waals surface area contributed by atoms with Crippen LogP contribution in [0.3, 0.4) is 0 Å². The SMILES string of the molecule is COCCNCCC[C@@H](C(C)C)N1CC2(CCN(c3ncnnc3Oc3ccc(F)cc3C(=O)N(C(C)C)C(C)C)C2)C1. The zero-order valence-corrected chi connectivity index (χ0v) is 27.0. The van der Waals surface area contributed by atoms with E-state index in [1.54, 1.807) is 12.0 Å². The van der Waals surface area contributed by atoms with Gasteiger partial charge in [0.1, 0.15) is 17.9 Å². The Kier molecular flexibility index (Phi) is 11.3. The number of methoxy groups -OCH3 is 1. The van der Waals surface area contributed by atoms with Crippen molar-refractivity contribution in [1.82, 2.24) is 30.3 Å². The highest BCUT2D eigenvalue weighted by Gasteiger charge is 2.50. The van der Waals surface area contributed by atoms with Crippen molar-refractivity contribution in [3.63, 3.8) is 0 Å². The van der Waals surface area contributed by atoms with E-state index in [1.165, 1.54) is 30.9 Å². The van der Waals surface area contributed by atoms with E-state index < -0.39 is 5.82 Å². The first-order valence-electron chi connectivity index (χ1n) is 15.7. The van der Waals surface area contributed by atoms with Crippen LogP contribution in [0.4, 0.5) is 10.2 Å². The maximum absolute atomic E-state index is 14.4. The molecule has 43 heavy (non-hydrogen) atoms. The van der Waals surface area contributed by atoms with Crippen LogP contribution >= 0.6 is 0 Å². The Morgan fingerprint density at radius 3 is 2.53 bits per heavy atom. The van der Waals surface area contributed by atoms with Crippen molar-refractivity contribution >= 4 is 11.7 Å². The molecule has 238 valence electrons. The van der Waals surface area contributed by atoms with Gasteiger partial charge in [-0.15, -0.1) is 10.2 Å². The van der Waals surface area contributed by atoms with Gasteiger partial charge in [0, 0.05) is 63.4 Å². The molecule has 1 amide bonds. The van der Waals surface area contributed by atoms with Crippen LogP contribution in [0.1, 0.15) is 71.2 Å². The maximum Gasteiger partial charge on any atom is 0.282 e. The van der Waals surface area contributed by atoms with E-state index in [9.17, 15) is 9.18 Å². The van der Waals surface area contributed by atoms with Crippen LogP contribution in [-0.2, 0) is 4.74 Å². The monoisotopic (exact) mass is 599 g/mol. The van der Waals surface area contributed by atoms with E-state index in [0.29, 0.717) is 17.8 Å². The highest BCUT2D eigenvalue weighted by Crippen LogP contribution is 2.44. The fourth-order valence-electron chi connectivity index (χ4n) is 6.71. The number of hydrogen-bond acceptors (Lipinski definition) is 9. The molecule has 1 aromatic carbocycles. The molecule has 1 N–H and O–H groups in total. The molecule has 11 heteroatoms. The number of rotatable bonds is 15. The molecule has 3 heterocycles. The van der Waals surface area contributed by atoms with Crippen molar-refractivity contribution in [1.29, 1.82) is 0 Å². The van der Waals surface area contributed by atoms with Crippen LogP contribution in [0.5, 0.6) is 11.6 Å². The van der Waals surface area contributed by atoms with E-state index in [4.69, 9.17) is 9.47 Å². The molecule has 0 bridgehead atoms. The van der Waals surface area contributed by atoms with Gasteiger partial charge < -0.3 is 24.6 Å². The topological polar surface area (TPSA) is 96.0 Å². The average molecular weight is 600 g/mol. The third-order valence-electron chi connectivity index (χ3n) is 8.69. The van der Waals surface area contributed by atoms with E-state index in [-0.39, 0.29) is 40.6 Å². The summed E-state index contributed by atoms with van der Waals surface area (Å²) in [6, 6.07) is 4.44. The normalized spacial score (nSPS) is 17.2. The Morgan fingerprint density at radius 1 is 1.12 bits per heavy atom. The number of carbonyl (C=O) groups excluding carboxylic acids is 1. The van der Waals surface area contributed by atoms with E-state index in [2.05, 4.69) is 44.1 Å². The van der Waals surface area contributed by atoms with Crippen LogP contribution in [-0.4, -0.2) is 102 Å². The minimum atomic E-state index is -0.501. The molecule has 0 saturated carbocycles. The second-order valence-electron chi connectivity index (χ2n) is 13.0. The molecule has 2 fully saturated rings. The fraction of sp³-hybridized carbons (Fsp3) is 0.688. The van der Waals surface area contributed by atoms with Crippen molar-refractivity contribution in [2.24, 2.45) is 11.3 Å². The molecule has 2 aliphatic heterocycles. The number of aromatic nitrogens is 3. The van der Waals surface area contributed by atoms with Gasteiger partial charge in [0.05, 0.1) is 12.2 Å². The van der Waals surface area contributed by atoms with Gasteiger partial charge in [0.15, 0.2) is 5.82 Å². The average Bonchev–Trinajstić information content (AvgIpc) is 3.38. The molecule has 10 nitrogen and oxygen atoms in total. The first kappa shape index (κ1) is 33.0. The van der Waals surface area contributed by atoms with Crippen LogP contribution in [0, 0.1) is 17.2 Å². The van der Waals surface area contributed by atoms with Gasteiger partial charge in [-0.05, 0) is 77.6 Å². The second-order valence-corrected chi connectivity index (χ2v) is 13.0. The van der Waals surface area contributed by atoms with Crippen LogP contribution in [0.15, 0.2) is 24.5 Å². The maximum atomic E-state index is 14.4. The number of ether oxygens (including phenoxy) is 2. The standard InChI is InChI=1S/C32H50FN7O3/c1-22(2)27(9-8-13-34-14-16-42-7)39-19-32(20-39)12-15-38(18-32)29-30(37-36-21-35-29)43-28-11-10-25(33)17-26(28)31(41)40(23(3)4)24(5)6/h10-11,17,21-24,27,34H,8-9,12-16,18-20H2,1-7H3/t27-/m0/s1. The first-order chi connectivity index (χ1) is 20.5. The minimum Gasteiger partial charge on any atom is -0.434 e. The fourth-order valence-corrected chi connectivity index (χ4v) is 6.71. The quantitative estimate of drug-likeness (QED) is 0.294. The summed E-state index contributed by atoms with van der Waals surface area (Å²) in [7, 11) is 1.73. The highest BCUT2D eigenvalue weighted by molar-refractivity contribution is 5.97. The summed E-state index contributed by atoms with van der Waals surface area (Å²) in [6.07, 6.45) is 4.81. The number of carbonyl (C=O) groups is 1. The molecule has 2 aliphatic rings. The van der Waals surface area contributed by atoms with E-state index >= 15 is 0 Å². The summed E-state index contributed by atoms with van der Waals surface area (Å²) >= 11 is 0. The second kappa shape index (κ2) is 14.7. The lowest BCUT2D eigenvalue weighted by Crippen LogP contribution is -2.62. The summed E-state index contributed by atoms with van der Waals surface area (Å²) in [5.41, 5.74) is 0.359. The van der Waals surface area contributed by atoms with Crippen LogP contribution in [0.2, 0.25) is 0 Å². The van der Waals surface area contributed by atoms with Gasteiger partial charge in [-0.1, -0.05) is 13.8 Å². The lowest BCUT2D eigenvalue weighted by atomic mass is 9.76. The van der Waals surface area contributed by atoms with Crippen molar-refractivity contribution < 1.29 is 18.7 Å². The third-order valence-corrected chi connectivity index (χ3v) is 8.69. The van der Waals surface area contributed by atoms with Crippen molar-refractivity contribution in [3.05, 3.63) is 35.9 Å². The number of hydrogen-bond donors (Lipinski definition) is 1. The van der Waals surface area contributed by atoms with Crippen molar-refractivity contribution in [2.75, 3.05) is 57.9 Å². The number of amides is 1. The van der Waals surface area contributed by atoms with Gasteiger partial charge in [-0.3, -0.25) is 9.69 Å². The number of benzene rings is 1. The Morgan fingerprint density at radius 2 is 1.86 bits per heavy atom. The van der Waals surface area contributed by atoms with Gasteiger partial charge in [0.25, 0.3) is 11.8 Å². The van der Waals surface area contributed by atoms with E-state index in [0.717, 1.165) is 58.7 Å². The van der Waals surface area contributed by atoms with Gasteiger partial charge >= 0.3 is 0 Å². The molecular formula is C32H50FN7O3. The molecule has 1 atom stereocenters. The number of likely N-dealkylation sites (tertiary alicyclic amines) is 1. The molecule has 0 aliphatic carbocycles. The molecule has 1 spiro atoms. The molecule has 4 rings (SSSR count). The molecule has 1 aromatic heterocycles. The predicted octanol–water partition coefficient (Wildman–Crippen LogP) is 4.61. The van der Waals surface area contributed by atoms with Gasteiger partial charge in [-0.25, -0.2) is 9.37 Å². The van der Waals surface area contributed by atoms with Crippen molar-refractivity contribution in [2.45, 2.75) is 78.9 Å². The summed E-state index contributed by atoms with van der Waals surface area (Å²) in [4.78, 5) is 24.6. The number of halogens is 1. The Labute approximate surface area is 256 Å². The smallest absolute Gasteiger partial charge is 0.282 e. The van der Waals surface area contributed by atoms with Crippen molar-refractivity contribution in [3.8, 4) is 11.6 Å². The molecular weight excluding hydrogens is 549 g/mol.